The van der Waals surface area contributed by atoms with Crippen molar-refractivity contribution in [1.82, 2.24) is 9.46 Å². The third-order valence-electron chi connectivity index (χ3n) is 1.97. The average Bonchev–Trinajstić information content (AvgIpc) is 3.13. The van der Waals surface area contributed by atoms with Gasteiger partial charge >= 0.3 is 7.82 Å². The molecular weight excluding hydrogens is 283 g/mol. The van der Waals surface area contributed by atoms with E-state index in [9.17, 15) is 9.46 Å². The van der Waals surface area contributed by atoms with Crippen molar-refractivity contribution in [3.8, 4) is 0 Å². The Morgan fingerprint density at radius 3 is 1.50 bits per heavy atom. The highest BCUT2D eigenvalue weighted by Gasteiger charge is 2.25. The predicted octanol–water partition coefficient (Wildman–Crippen LogP) is 2.23. The summed E-state index contributed by atoms with van der Waals surface area (Å²) in [6.45, 7) is 0. The van der Waals surface area contributed by atoms with Crippen molar-refractivity contribution in [2.24, 2.45) is 0 Å². The number of furan rings is 1. The first-order valence-corrected chi connectivity index (χ1v) is 7.11. The van der Waals surface area contributed by atoms with Crippen LogP contribution in [0, 0.1) is 0 Å². The van der Waals surface area contributed by atoms with Gasteiger partial charge in [-0.3, -0.25) is 4.89 Å². The van der Waals surface area contributed by atoms with Crippen LogP contribution in [-0.2, 0) is 4.57 Å². The lowest BCUT2D eigenvalue weighted by atomic mass is 10.7. The van der Waals surface area contributed by atoms with Crippen molar-refractivity contribution >= 4 is 7.82 Å². The minimum absolute atomic E-state index is 1.10. The zero-order valence-corrected chi connectivity index (χ0v) is 11.2. The van der Waals surface area contributed by atoms with Gasteiger partial charge in [-0.15, -0.1) is 0 Å². The Hall–Kier alpha value is -2.37. The molecule has 1 N–H and O–H groups in total. The molecule has 0 aliphatic rings. The molecular formula is C12H13N2O5P. The van der Waals surface area contributed by atoms with Gasteiger partial charge in [0, 0.05) is 24.8 Å². The summed E-state index contributed by atoms with van der Waals surface area (Å²) in [6.07, 6.45) is 9.20. The smallest absolute Gasteiger partial charge is 0.473 e. The lowest BCUT2D eigenvalue weighted by Gasteiger charge is -2.13. The molecule has 7 nitrogen and oxygen atoms in total. The van der Waals surface area contributed by atoms with Gasteiger partial charge in [-0.2, -0.15) is 9.46 Å². The first-order chi connectivity index (χ1) is 9.66. The molecule has 0 aliphatic heterocycles. The van der Waals surface area contributed by atoms with Crippen LogP contribution in [0.2, 0.25) is 0 Å². The molecule has 0 radical (unpaired) electrons. The number of phosphoric acid groups is 1. The van der Waals surface area contributed by atoms with Crippen LogP contribution < -0.4 is 9.25 Å². The van der Waals surface area contributed by atoms with Crippen molar-refractivity contribution in [2.45, 2.75) is 0 Å². The van der Waals surface area contributed by atoms with Gasteiger partial charge in [0.15, 0.2) is 0 Å². The topological polar surface area (TPSA) is 78.8 Å². The number of hydrogen-bond donors (Lipinski definition) is 1. The van der Waals surface area contributed by atoms with E-state index in [2.05, 4.69) is 4.42 Å². The first kappa shape index (κ1) is 14.0. The molecule has 0 amide bonds. The molecule has 0 atom stereocenters. The van der Waals surface area contributed by atoms with E-state index in [1.54, 1.807) is 36.8 Å². The molecule has 0 saturated heterocycles. The van der Waals surface area contributed by atoms with E-state index in [1.807, 2.05) is 12.1 Å². The summed E-state index contributed by atoms with van der Waals surface area (Å²) in [6, 6.07) is 10.3. The second-order valence-electron chi connectivity index (χ2n) is 3.51. The standard InChI is InChI=1S/C8H9N2O4P.C4H4O/c11-15(12,13-9-5-1-2-6-9)14-10-7-3-4-8-10;1-2-4-5-3-1/h1-8H,(H,11,12);1-4H. The Balaban J connectivity index is 0.000000247. The summed E-state index contributed by atoms with van der Waals surface area (Å²) in [5, 5.41) is 0. The molecule has 8 heteroatoms. The third-order valence-corrected chi connectivity index (χ3v) is 2.76. The molecule has 3 aromatic heterocycles. The maximum atomic E-state index is 11.4. The van der Waals surface area contributed by atoms with Gasteiger partial charge in [0.25, 0.3) is 0 Å². The largest absolute Gasteiger partial charge is 0.623 e. The van der Waals surface area contributed by atoms with Crippen LogP contribution in [0.4, 0.5) is 0 Å². The van der Waals surface area contributed by atoms with Gasteiger partial charge < -0.3 is 13.7 Å². The van der Waals surface area contributed by atoms with Gasteiger partial charge in [0.1, 0.15) is 0 Å². The highest BCUT2D eigenvalue weighted by Crippen LogP contribution is 2.35. The molecule has 0 fully saturated rings. The van der Waals surface area contributed by atoms with Crippen LogP contribution >= 0.6 is 7.82 Å². The van der Waals surface area contributed by atoms with E-state index in [-0.39, 0.29) is 0 Å². The van der Waals surface area contributed by atoms with Crippen LogP contribution in [-0.4, -0.2) is 14.4 Å². The lowest BCUT2D eigenvalue weighted by Crippen LogP contribution is -2.15. The molecule has 106 valence electrons. The maximum Gasteiger partial charge on any atom is 0.623 e. The van der Waals surface area contributed by atoms with Crippen molar-refractivity contribution < 1.29 is 23.1 Å². The van der Waals surface area contributed by atoms with Gasteiger partial charge in [-0.1, -0.05) is 0 Å². The van der Waals surface area contributed by atoms with Gasteiger partial charge in [0.2, 0.25) is 0 Å². The molecule has 0 aromatic carbocycles. The van der Waals surface area contributed by atoms with Crippen molar-refractivity contribution in [1.29, 1.82) is 0 Å². The summed E-state index contributed by atoms with van der Waals surface area (Å²) < 4.78 is 27.6. The molecule has 0 bridgehead atoms. The number of hydrogen-bond acceptors (Lipinski definition) is 4. The molecule has 20 heavy (non-hydrogen) atoms. The molecule has 0 unspecified atom stereocenters. The Bertz CT molecular complexity index is 561. The minimum Gasteiger partial charge on any atom is -0.473 e. The molecule has 0 aliphatic carbocycles. The summed E-state index contributed by atoms with van der Waals surface area (Å²) in [5.74, 6) is 0. The summed E-state index contributed by atoms with van der Waals surface area (Å²) in [7, 11) is -4.14. The van der Waals surface area contributed by atoms with E-state index < -0.39 is 7.82 Å². The SMILES string of the molecule is O=P(O)(On1cccc1)On1cccc1.c1ccoc1. The average molecular weight is 296 g/mol. The molecule has 0 saturated carbocycles. The van der Waals surface area contributed by atoms with Crippen LogP contribution in [0.5, 0.6) is 0 Å². The monoisotopic (exact) mass is 296 g/mol. The number of aromatic nitrogens is 2. The Kier molecular flexibility index (Phi) is 4.70. The highest BCUT2D eigenvalue weighted by atomic mass is 31.2. The summed E-state index contributed by atoms with van der Waals surface area (Å²) in [4.78, 5) is 9.33. The normalized spacial score (nSPS) is 10.4. The molecule has 3 heterocycles. The van der Waals surface area contributed by atoms with Gasteiger partial charge in [-0.25, -0.2) is 4.57 Å². The lowest BCUT2D eigenvalue weighted by molar-refractivity contribution is 0.127. The Morgan fingerprint density at radius 2 is 1.20 bits per heavy atom. The fraction of sp³-hybridized carbons (Fsp3) is 0. The first-order valence-electron chi connectivity index (χ1n) is 5.62. The minimum atomic E-state index is -4.14. The van der Waals surface area contributed by atoms with Crippen molar-refractivity contribution in [3.05, 3.63) is 73.7 Å². The van der Waals surface area contributed by atoms with Crippen LogP contribution in [0.3, 0.4) is 0 Å². The summed E-state index contributed by atoms with van der Waals surface area (Å²) >= 11 is 0. The fourth-order valence-electron chi connectivity index (χ4n) is 1.23. The second kappa shape index (κ2) is 6.70. The van der Waals surface area contributed by atoms with E-state index in [4.69, 9.17) is 9.25 Å². The number of rotatable bonds is 4. The van der Waals surface area contributed by atoms with Crippen LogP contribution in [0.25, 0.3) is 0 Å². The van der Waals surface area contributed by atoms with Gasteiger partial charge in [-0.05, 0) is 36.4 Å². The molecule has 3 rings (SSSR count). The fourth-order valence-corrected chi connectivity index (χ4v) is 1.95. The van der Waals surface area contributed by atoms with Crippen molar-refractivity contribution in [3.63, 3.8) is 0 Å². The van der Waals surface area contributed by atoms with E-state index in [0.29, 0.717) is 0 Å². The zero-order valence-electron chi connectivity index (χ0n) is 10.4. The predicted molar refractivity (Wildman–Crippen MR) is 70.6 cm³/mol. The Labute approximate surface area is 115 Å². The zero-order chi connectivity index (χ0) is 14.3. The van der Waals surface area contributed by atoms with Crippen LogP contribution in [0.1, 0.15) is 0 Å². The Morgan fingerprint density at radius 1 is 0.800 bits per heavy atom. The quantitative estimate of drug-likeness (QED) is 0.747. The second-order valence-corrected chi connectivity index (χ2v) is 4.77. The maximum absolute atomic E-state index is 11.4. The van der Waals surface area contributed by atoms with E-state index in [0.717, 1.165) is 9.46 Å². The van der Waals surface area contributed by atoms with Crippen LogP contribution in [0.15, 0.2) is 78.1 Å². The molecule has 3 aromatic rings. The third kappa shape index (κ3) is 4.72. The summed E-state index contributed by atoms with van der Waals surface area (Å²) in [5.41, 5.74) is 0. The number of nitrogens with zero attached hydrogens (tertiary/aromatic N) is 2. The molecule has 0 spiro atoms. The van der Waals surface area contributed by atoms with E-state index in [1.165, 1.54) is 24.8 Å². The van der Waals surface area contributed by atoms with E-state index >= 15 is 0 Å². The highest BCUT2D eigenvalue weighted by molar-refractivity contribution is 7.47. The van der Waals surface area contributed by atoms with Gasteiger partial charge in [0.05, 0.1) is 12.5 Å². The van der Waals surface area contributed by atoms with Crippen molar-refractivity contribution in [2.75, 3.05) is 0 Å².